The average Bonchev–Trinajstić information content (AvgIpc) is 2.07. The molecule has 0 spiro atoms. The number of pyridine rings is 1. The van der Waals surface area contributed by atoms with Crippen molar-refractivity contribution in [2.45, 2.75) is 13.3 Å². The predicted molar refractivity (Wildman–Crippen MR) is 45.1 cm³/mol. The van der Waals surface area contributed by atoms with Gasteiger partial charge in [-0.2, -0.15) is 0 Å². The summed E-state index contributed by atoms with van der Waals surface area (Å²) < 4.78 is 39.3. The quantitative estimate of drug-likeness (QED) is 0.624. The summed E-state index contributed by atoms with van der Waals surface area (Å²) in [5.41, 5.74) is -2.27. The van der Waals surface area contributed by atoms with Gasteiger partial charge in [-0.25, -0.2) is 0 Å². The molecule has 0 radical (unpaired) electrons. The third-order valence-corrected chi connectivity index (χ3v) is 1.57. The van der Waals surface area contributed by atoms with E-state index in [-0.39, 0.29) is 5.69 Å². The minimum atomic E-state index is -5.06. The van der Waals surface area contributed by atoms with Crippen molar-refractivity contribution in [1.29, 1.82) is 0 Å². The van der Waals surface area contributed by atoms with Gasteiger partial charge in [-0.15, -0.1) is 13.2 Å². The fourth-order valence-corrected chi connectivity index (χ4v) is 1.04. The highest BCUT2D eigenvalue weighted by molar-refractivity contribution is 5.47. The second-order valence-electron chi connectivity index (χ2n) is 2.78. The first-order chi connectivity index (χ1) is 7.20. The Bertz CT molecular complexity index is 480. The lowest BCUT2D eigenvalue weighted by molar-refractivity contribution is -0.388. The molecule has 0 bridgehead atoms. The lowest BCUT2D eigenvalue weighted by Gasteiger charge is -2.10. The number of halogens is 3. The summed E-state index contributed by atoms with van der Waals surface area (Å²) in [6.45, 7) is 1.06. The number of alkyl halides is 3. The first kappa shape index (κ1) is 12.0. The predicted octanol–water partition coefficient (Wildman–Crippen LogP) is 1.49. The first-order valence-corrected chi connectivity index (χ1v) is 3.85. The number of nitrogens with one attached hydrogen (secondary N) is 1. The van der Waals surface area contributed by atoms with Crippen LogP contribution in [0.25, 0.3) is 0 Å². The standard InChI is InChI=1S/C7H5F3N2O4/c1-3-6(16-7(8,9)10)4(12(14)15)2-5(13)11-3/h2H,1H3,(H,11,13). The number of H-pyrrole nitrogens is 1. The number of nitrogens with zero attached hydrogens (tertiary/aromatic N) is 1. The number of aryl methyl sites for hydroxylation is 1. The zero-order chi connectivity index (χ0) is 12.5. The molecule has 0 aliphatic carbocycles. The molecule has 1 rings (SSSR count). The van der Waals surface area contributed by atoms with E-state index in [2.05, 4.69) is 4.74 Å². The molecular formula is C7H5F3N2O4. The van der Waals surface area contributed by atoms with Gasteiger partial charge >= 0.3 is 12.0 Å². The SMILES string of the molecule is Cc1[nH]c(=O)cc([N+](=O)[O-])c1OC(F)(F)F. The van der Waals surface area contributed by atoms with Crippen molar-refractivity contribution in [1.82, 2.24) is 4.98 Å². The van der Waals surface area contributed by atoms with E-state index < -0.39 is 28.3 Å². The van der Waals surface area contributed by atoms with Gasteiger partial charge in [0.25, 0.3) is 5.56 Å². The summed E-state index contributed by atoms with van der Waals surface area (Å²) in [7, 11) is 0. The molecule has 88 valence electrons. The third kappa shape index (κ3) is 2.72. The highest BCUT2D eigenvalue weighted by atomic mass is 19.4. The minimum absolute atomic E-state index is 0.364. The van der Waals surface area contributed by atoms with Crippen molar-refractivity contribution in [2.75, 3.05) is 0 Å². The minimum Gasteiger partial charge on any atom is -0.397 e. The summed E-state index contributed by atoms with van der Waals surface area (Å²) in [5, 5.41) is 10.4. The fourth-order valence-electron chi connectivity index (χ4n) is 1.04. The van der Waals surface area contributed by atoms with Crippen LogP contribution < -0.4 is 10.3 Å². The largest absolute Gasteiger partial charge is 0.573 e. The smallest absolute Gasteiger partial charge is 0.397 e. The second kappa shape index (κ2) is 3.83. The molecule has 16 heavy (non-hydrogen) atoms. The van der Waals surface area contributed by atoms with Gasteiger partial charge in [0.05, 0.1) is 16.7 Å². The molecule has 0 saturated heterocycles. The highest BCUT2D eigenvalue weighted by Crippen LogP contribution is 2.32. The molecular weight excluding hydrogens is 233 g/mol. The van der Waals surface area contributed by atoms with Gasteiger partial charge in [0.2, 0.25) is 5.75 Å². The van der Waals surface area contributed by atoms with Crippen LogP contribution in [0.3, 0.4) is 0 Å². The number of aromatic amines is 1. The third-order valence-electron chi connectivity index (χ3n) is 1.57. The number of ether oxygens (including phenoxy) is 1. The molecule has 0 aliphatic heterocycles. The Morgan fingerprint density at radius 2 is 2.06 bits per heavy atom. The number of rotatable bonds is 2. The molecule has 1 heterocycles. The van der Waals surface area contributed by atoms with Crippen molar-refractivity contribution in [3.63, 3.8) is 0 Å². The fraction of sp³-hybridized carbons (Fsp3) is 0.286. The maximum absolute atomic E-state index is 11.9. The van der Waals surface area contributed by atoms with E-state index in [0.29, 0.717) is 6.07 Å². The number of aromatic nitrogens is 1. The van der Waals surface area contributed by atoms with Crippen LogP contribution >= 0.6 is 0 Å². The van der Waals surface area contributed by atoms with Crippen LogP contribution in [0.2, 0.25) is 0 Å². The Kier molecular flexibility index (Phi) is 2.88. The summed E-state index contributed by atoms with van der Waals surface area (Å²) in [6, 6.07) is 0.425. The average molecular weight is 238 g/mol. The molecule has 0 aliphatic rings. The molecule has 0 amide bonds. The Morgan fingerprint density at radius 1 is 1.50 bits per heavy atom. The number of nitro groups is 1. The molecule has 0 aromatic carbocycles. The van der Waals surface area contributed by atoms with Gasteiger partial charge in [-0.3, -0.25) is 14.9 Å². The van der Waals surface area contributed by atoms with E-state index in [1.807, 2.05) is 4.98 Å². The van der Waals surface area contributed by atoms with E-state index in [1.54, 1.807) is 0 Å². The lowest BCUT2D eigenvalue weighted by atomic mass is 10.3. The van der Waals surface area contributed by atoms with Crippen LogP contribution in [0.15, 0.2) is 10.9 Å². The van der Waals surface area contributed by atoms with Crippen molar-refractivity contribution in [3.8, 4) is 5.75 Å². The summed E-state index contributed by atoms with van der Waals surface area (Å²) in [5.74, 6) is -1.02. The molecule has 0 unspecified atom stereocenters. The first-order valence-electron chi connectivity index (χ1n) is 3.85. The topological polar surface area (TPSA) is 85.2 Å². The Balaban J connectivity index is 3.36. The summed E-state index contributed by atoms with van der Waals surface area (Å²) in [4.78, 5) is 22.1. The molecule has 0 fully saturated rings. The van der Waals surface area contributed by atoms with Gasteiger partial charge in [0, 0.05) is 0 Å². The maximum atomic E-state index is 11.9. The monoisotopic (exact) mass is 238 g/mol. The van der Waals surface area contributed by atoms with Crippen molar-refractivity contribution >= 4 is 5.69 Å². The molecule has 0 atom stereocenters. The normalized spacial score (nSPS) is 11.2. The molecule has 1 aromatic rings. The van der Waals surface area contributed by atoms with Crippen molar-refractivity contribution in [2.24, 2.45) is 0 Å². The van der Waals surface area contributed by atoms with Crippen molar-refractivity contribution < 1.29 is 22.8 Å². The van der Waals surface area contributed by atoms with Crippen LogP contribution in [0.5, 0.6) is 5.75 Å². The Hall–Kier alpha value is -2.06. The Morgan fingerprint density at radius 3 is 2.50 bits per heavy atom. The van der Waals surface area contributed by atoms with Gasteiger partial charge in [0.15, 0.2) is 0 Å². The van der Waals surface area contributed by atoms with Gasteiger partial charge in [-0.05, 0) is 6.92 Å². The van der Waals surface area contributed by atoms with Crippen molar-refractivity contribution in [3.05, 3.63) is 32.2 Å². The van der Waals surface area contributed by atoms with E-state index in [1.165, 1.54) is 0 Å². The molecule has 0 saturated carbocycles. The van der Waals surface area contributed by atoms with E-state index in [4.69, 9.17) is 0 Å². The molecule has 9 heteroatoms. The van der Waals surface area contributed by atoms with Crippen LogP contribution in [0.1, 0.15) is 5.69 Å². The van der Waals surface area contributed by atoms with Gasteiger partial charge < -0.3 is 9.72 Å². The molecule has 1 N–H and O–H groups in total. The second-order valence-corrected chi connectivity index (χ2v) is 2.78. The number of hydrogen-bond donors (Lipinski definition) is 1. The summed E-state index contributed by atoms with van der Waals surface area (Å²) >= 11 is 0. The van der Waals surface area contributed by atoms with Crippen LogP contribution in [0.4, 0.5) is 18.9 Å². The van der Waals surface area contributed by atoms with E-state index in [9.17, 15) is 28.1 Å². The zero-order valence-corrected chi connectivity index (χ0v) is 7.79. The van der Waals surface area contributed by atoms with Gasteiger partial charge in [0.1, 0.15) is 0 Å². The molecule has 1 aromatic heterocycles. The van der Waals surface area contributed by atoms with E-state index >= 15 is 0 Å². The van der Waals surface area contributed by atoms with Crippen LogP contribution in [-0.2, 0) is 0 Å². The number of hydrogen-bond acceptors (Lipinski definition) is 4. The maximum Gasteiger partial charge on any atom is 0.573 e. The molecule has 6 nitrogen and oxygen atoms in total. The van der Waals surface area contributed by atoms with E-state index in [0.717, 1.165) is 6.92 Å². The Labute approximate surface area is 85.8 Å². The van der Waals surface area contributed by atoms with Gasteiger partial charge in [-0.1, -0.05) is 0 Å². The van der Waals surface area contributed by atoms with Crippen LogP contribution in [0, 0.1) is 17.0 Å². The zero-order valence-electron chi connectivity index (χ0n) is 7.79. The highest BCUT2D eigenvalue weighted by Gasteiger charge is 2.35. The van der Waals surface area contributed by atoms with Crippen LogP contribution in [-0.4, -0.2) is 16.3 Å². The lowest BCUT2D eigenvalue weighted by Crippen LogP contribution is -2.20. The summed E-state index contributed by atoms with van der Waals surface area (Å²) in [6.07, 6.45) is -5.06.